The van der Waals surface area contributed by atoms with Crippen LogP contribution < -0.4 is 10.5 Å². The van der Waals surface area contributed by atoms with E-state index in [2.05, 4.69) is 14.9 Å². The summed E-state index contributed by atoms with van der Waals surface area (Å²) in [6, 6.07) is 0. The zero-order valence-electron chi connectivity index (χ0n) is 10.9. The van der Waals surface area contributed by atoms with Crippen LogP contribution in [0, 0.1) is 13.8 Å². The lowest BCUT2D eigenvalue weighted by Crippen LogP contribution is -2.54. The number of aryl methyl sites for hydroxylation is 2. The molecule has 0 aliphatic heterocycles. The van der Waals surface area contributed by atoms with E-state index >= 15 is 0 Å². The molecule has 1 unspecified atom stereocenters. The summed E-state index contributed by atoms with van der Waals surface area (Å²) in [5, 5.41) is 6.52. The molecule has 0 amide bonds. The zero-order chi connectivity index (χ0) is 14.1. The van der Waals surface area contributed by atoms with Gasteiger partial charge >= 0.3 is 0 Å². The monoisotopic (exact) mass is 290 g/mol. The van der Waals surface area contributed by atoms with Gasteiger partial charge in [-0.05, 0) is 27.2 Å². The van der Waals surface area contributed by atoms with Crippen molar-refractivity contribution >= 4 is 27.2 Å². The number of rotatable bonds is 5. The summed E-state index contributed by atoms with van der Waals surface area (Å²) < 4.78 is 27.2. The molecule has 1 aromatic rings. The smallest absolute Gasteiger partial charge is 0.245 e. The van der Waals surface area contributed by atoms with Crippen molar-refractivity contribution in [1.82, 2.24) is 14.9 Å². The Bertz CT molecular complexity index is 545. The molecule has 0 saturated carbocycles. The summed E-state index contributed by atoms with van der Waals surface area (Å²) in [5.74, 6) is 0. The summed E-state index contributed by atoms with van der Waals surface area (Å²) in [6.07, 6.45) is 0.470. The molecule has 6 nitrogen and oxygen atoms in total. The molecular weight excluding hydrogens is 272 g/mol. The highest BCUT2D eigenvalue weighted by Crippen LogP contribution is 2.20. The van der Waals surface area contributed by atoms with Crippen LogP contribution >= 0.6 is 12.2 Å². The molecule has 1 aromatic heterocycles. The second kappa shape index (κ2) is 4.94. The van der Waals surface area contributed by atoms with E-state index in [4.69, 9.17) is 18.0 Å². The first-order valence-corrected chi connectivity index (χ1v) is 7.38. The molecule has 1 rings (SSSR count). The predicted octanol–water partition coefficient (Wildman–Crippen LogP) is 0.760. The largest absolute Gasteiger partial charge is 0.392 e. The molecule has 0 bridgehead atoms. The molecule has 0 saturated heterocycles. The van der Waals surface area contributed by atoms with Gasteiger partial charge in [0.1, 0.15) is 4.90 Å². The standard InChI is InChI=1S/C10H18N4O2S2/c1-5-10(4,9(11)17)14-18(15,16)8-6(2)12-13-7(8)3/h14H,5H2,1-4H3,(H2,11,17)(H,12,13). The molecule has 0 aromatic carbocycles. The van der Waals surface area contributed by atoms with Gasteiger partial charge in [-0.15, -0.1) is 0 Å². The molecule has 18 heavy (non-hydrogen) atoms. The Morgan fingerprint density at radius 1 is 1.56 bits per heavy atom. The van der Waals surface area contributed by atoms with E-state index in [1.807, 2.05) is 6.92 Å². The number of H-pyrrole nitrogens is 1. The summed E-state index contributed by atoms with van der Waals surface area (Å²) in [7, 11) is -3.70. The van der Waals surface area contributed by atoms with E-state index in [0.717, 1.165) is 0 Å². The lowest BCUT2D eigenvalue weighted by Gasteiger charge is -2.27. The Hall–Kier alpha value is -0.990. The number of nitrogens with one attached hydrogen (secondary N) is 2. The summed E-state index contributed by atoms with van der Waals surface area (Å²) in [4.78, 5) is 0.269. The first kappa shape index (κ1) is 15.1. The third-order valence-electron chi connectivity index (χ3n) is 2.94. The second-order valence-corrected chi connectivity index (χ2v) is 6.48. The van der Waals surface area contributed by atoms with Crippen molar-refractivity contribution in [2.45, 2.75) is 44.6 Å². The SMILES string of the molecule is CCC(C)(NS(=O)(=O)c1c(C)n[nH]c1C)C(N)=S. The minimum absolute atomic E-state index is 0.118. The van der Waals surface area contributed by atoms with Crippen LogP contribution in [-0.2, 0) is 10.0 Å². The number of hydrogen-bond acceptors (Lipinski definition) is 4. The van der Waals surface area contributed by atoms with Crippen LogP contribution in [0.5, 0.6) is 0 Å². The van der Waals surface area contributed by atoms with Crippen molar-refractivity contribution in [2.24, 2.45) is 5.73 Å². The van der Waals surface area contributed by atoms with Gasteiger partial charge in [0.05, 0.1) is 21.9 Å². The Labute approximate surface area is 112 Å². The van der Waals surface area contributed by atoms with Crippen molar-refractivity contribution in [3.63, 3.8) is 0 Å². The van der Waals surface area contributed by atoms with Crippen molar-refractivity contribution in [1.29, 1.82) is 0 Å². The lowest BCUT2D eigenvalue weighted by molar-refractivity contribution is 0.511. The van der Waals surface area contributed by atoms with E-state index in [1.165, 1.54) is 0 Å². The molecule has 0 spiro atoms. The van der Waals surface area contributed by atoms with Gasteiger partial charge in [0.15, 0.2) is 0 Å². The maximum absolute atomic E-state index is 12.3. The third-order valence-corrected chi connectivity index (χ3v) is 5.25. The molecule has 8 heteroatoms. The third kappa shape index (κ3) is 2.70. The Morgan fingerprint density at radius 3 is 2.44 bits per heavy atom. The van der Waals surface area contributed by atoms with Crippen LogP contribution in [0.1, 0.15) is 31.7 Å². The number of aromatic amines is 1. The van der Waals surface area contributed by atoms with Crippen LogP contribution in [0.25, 0.3) is 0 Å². The van der Waals surface area contributed by atoms with Gasteiger partial charge in [0, 0.05) is 0 Å². The van der Waals surface area contributed by atoms with Crippen LogP contribution in [0.4, 0.5) is 0 Å². The molecule has 0 fully saturated rings. The number of thiocarbonyl (C=S) groups is 1. The number of nitrogens with zero attached hydrogens (tertiary/aromatic N) is 1. The molecule has 1 heterocycles. The average molecular weight is 290 g/mol. The zero-order valence-corrected chi connectivity index (χ0v) is 12.5. The van der Waals surface area contributed by atoms with E-state index in [1.54, 1.807) is 20.8 Å². The molecule has 4 N–H and O–H groups in total. The molecule has 102 valence electrons. The Morgan fingerprint density at radius 2 is 2.11 bits per heavy atom. The highest BCUT2D eigenvalue weighted by molar-refractivity contribution is 7.89. The lowest BCUT2D eigenvalue weighted by atomic mass is 10.0. The van der Waals surface area contributed by atoms with Crippen molar-refractivity contribution < 1.29 is 8.42 Å². The fourth-order valence-corrected chi connectivity index (χ4v) is 3.67. The highest BCUT2D eigenvalue weighted by atomic mass is 32.2. The highest BCUT2D eigenvalue weighted by Gasteiger charge is 2.34. The fraction of sp³-hybridized carbons (Fsp3) is 0.600. The van der Waals surface area contributed by atoms with Crippen molar-refractivity contribution in [2.75, 3.05) is 0 Å². The van der Waals surface area contributed by atoms with Gasteiger partial charge in [-0.1, -0.05) is 19.1 Å². The van der Waals surface area contributed by atoms with Crippen molar-refractivity contribution in [3.8, 4) is 0 Å². The maximum Gasteiger partial charge on any atom is 0.245 e. The topological polar surface area (TPSA) is 101 Å². The van der Waals surface area contributed by atoms with E-state index in [9.17, 15) is 8.42 Å². The predicted molar refractivity (Wildman–Crippen MR) is 73.9 cm³/mol. The normalized spacial score (nSPS) is 15.3. The molecule has 0 aliphatic carbocycles. The van der Waals surface area contributed by atoms with Crippen LogP contribution in [0.3, 0.4) is 0 Å². The van der Waals surface area contributed by atoms with Gasteiger partial charge in [0.2, 0.25) is 10.0 Å². The summed E-state index contributed by atoms with van der Waals surface area (Å²) in [5.41, 5.74) is 5.56. The van der Waals surface area contributed by atoms with Gasteiger partial charge in [0.25, 0.3) is 0 Å². The molecule has 0 radical (unpaired) electrons. The van der Waals surface area contributed by atoms with Crippen LogP contribution in [0.2, 0.25) is 0 Å². The van der Waals surface area contributed by atoms with E-state index < -0.39 is 15.6 Å². The maximum atomic E-state index is 12.3. The first-order valence-electron chi connectivity index (χ1n) is 5.49. The molecule has 1 atom stereocenters. The number of aromatic nitrogens is 2. The van der Waals surface area contributed by atoms with Crippen molar-refractivity contribution in [3.05, 3.63) is 11.4 Å². The molecular formula is C10H18N4O2S2. The second-order valence-electron chi connectivity index (χ2n) is 4.42. The van der Waals surface area contributed by atoms with Gasteiger partial charge in [-0.2, -0.15) is 9.82 Å². The van der Waals surface area contributed by atoms with Gasteiger partial charge in [-0.3, -0.25) is 5.10 Å². The summed E-state index contributed by atoms with van der Waals surface area (Å²) in [6.45, 7) is 6.76. The average Bonchev–Trinajstić information content (AvgIpc) is 2.57. The Kier molecular flexibility index (Phi) is 4.14. The fourth-order valence-electron chi connectivity index (χ4n) is 1.58. The quantitative estimate of drug-likeness (QED) is 0.695. The minimum atomic E-state index is -3.70. The van der Waals surface area contributed by atoms with Crippen LogP contribution in [-0.4, -0.2) is 29.1 Å². The van der Waals surface area contributed by atoms with E-state index in [-0.39, 0.29) is 9.88 Å². The number of hydrogen-bond donors (Lipinski definition) is 3. The molecule has 0 aliphatic rings. The number of sulfonamides is 1. The van der Waals surface area contributed by atoms with Gasteiger partial charge < -0.3 is 5.73 Å². The van der Waals surface area contributed by atoms with Crippen LogP contribution in [0.15, 0.2) is 4.90 Å². The minimum Gasteiger partial charge on any atom is -0.392 e. The van der Waals surface area contributed by atoms with E-state index in [0.29, 0.717) is 17.8 Å². The van der Waals surface area contributed by atoms with Gasteiger partial charge in [-0.25, -0.2) is 8.42 Å². The Balaban J connectivity index is 3.22. The number of nitrogens with two attached hydrogens (primary N) is 1. The first-order chi connectivity index (χ1) is 8.14. The summed E-state index contributed by atoms with van der Waals surface area (Å²) >= 11 is 4.92.